The number of rotatable bonds is 1. The molecule has 0 heterocycles. The second kappa shape index (κ2) is 4.97. The first-order valence-electron chi connectivity index (χ1n) is 9.48. The van der Waals surface area contributed by atoms with Gasteiger partial charge in [-0.15, -0.1) is 0 Å². The summed E-state index contributed by atoms with van der Waals surface area (Å²) < 4.78 is 0. The summed E-state index contributed by atoms with van der Waals surface area (Å²) in [6.07, 6.45) is 11.6. The number of carboxylic acids is 1. The van der Waals surface area contributed by atoms with Gasteiger partial charge in [-0.1, -0.05) is 37.6 Å². The van der Waals surface area contributed by atoms with Gasteiger partial charge in [-0.3, -0.25) is 4.79 Å². The minimum atomic E-state index is -0.551. The SMILES string of the molecule is C=C1C=C2CCC3C4CCC(C(=O)O)[C@@]4(C)CCC3[C@@]2(C)CC1. The van der Waals surface area contributed by atoms with Crippen LogP contribution in [-0.2, 0) is 4.79 Å². The number of hydrogen-bond donors (Lipinski definition) is 1. The molecule has 4 rings (SSSR count). The Kier molecular flexibility index (Phi) is 3.35. The minimum absolute atomic E-state index is 0.0445. The van der Waals surface area contributed by atoms with E-state index in [9.17, 15) is 9.90 Å². The third-order valence-corrected chi connectivity index (χ3v) is 8.38. The van der Waals surface area contributed by atoms with E-state index in [0.29, 0.717) is 11.3 Å². The fraction of sp³-hybridized carbons (Fsp3) is 0.762. The minimum Gasteiger partial charge on any atom is -0.481 e. The summed E-state index contributed by atoms with van der Waals surface area (Å²) in [6.45, 7) is 8.97. The molecule has 0 aromatic carbocycles. The van der Waals surface area contributed by atoms with Gasteiger partial charge in [0.25, 0.3) is 0 Å². The van der Waals surface area contributed by atoms with Gasteiger partial charge in [-0.25, -0.2) is 0 Å². The molecule has 3 fully saturated rings. The van der Waals surface area contributed by atoms with Crippen LogP contribution in [0, 0.1) is 34.5 Å². The van der Waals surface area contributed by atoms with E-state index in [1.165, 1.54) is 31.3 Å². The van der Waals surface area contributed by atoms with E-state index in [0.717, 1.165) is 37.5 Å². The Morgan fingerprint density at radius 1 is 1.13 bits per heavy atom. The van der Waals surface area contributed by atoms with Gasteiger partial charge in [0.1, 0.15) is 0 Å². The lowest BCUT2D eigenvalue weighted by Gasteiger charge is -2.58. The second-order valence-electron chi connectivity index (χ2n) is 9.17. The fourth-order valence-electron chi connectivity index (χ4n) is 7.05. The van der Waals surface area contributed by atoms with Crippen molar-refractivity contribution in [2.45, 2.75) is 65.2 Å². The maximum Gasteiger partial charge on any atom is 0.307 e. The van der Waals surface area contributed by atoms with Crippen LogP contribution >= 0.6 is 0 Å². The second-order valence-corrected chi connectivity index (χ2v) is 9.17. The van der Waals surface area contributed by atoms with Crippen LogP contribution in [0.1, 0.15) is 65.2 Å². The molecular weight excluding hydrogens is 284 g/mol. The molecule has 6 atom stereocenters. The molecule has 4 aliphatic rings. The monoisotopic (exact) mass is 314 g/mol. The number of carboxylic acid groups (broad SMARTS) is 1. The molecule has 0 spiro atoms. The number of hydrogen-bond acceptors (Lipinski definition) is 1. The van der Waals surface area contributed by atoms with E-state index >= 15 is 0 Å². The van der Waals surface area contributed by atoms with Crippen LogP contribution in [0.25, 0.3) is 0 Å². The molecule has 2 nitrogen and oxygen atoms in total. The predicted molar refractivity (Wildman–Crippen MR) is 92.0 cm³/mol. The maximum atomic E-state index is 11.7. The van der Waals surface area contributed by atoms with E-state index in [-0.39, 0.29) is 11.3 Å². The normalized spacial score (nSPS) is 49.0. The topological polar surface area (TPSA) is 37.3 Å². The van der Waals surface area contributed by atoms with E-state index in [2.05, 4.69) is 26.5 Å². The summed E-state index contributed by atoms with van der Waals surface area (Å²) in [7, 11) is 0. The summed E-state index contributed by atoms with van der Waals surface area (Å²) >= 11 is 0. The lowest BCUT2D eigenvalue weighted by Crippen LogP contribution is -2.50. The van der Waals surface area contributed by atoms with Gasteiger partial charge in [0.05, 0.1) is 5.92 Å². The molecule has 0 aromatic heterocycles. The summed E-state index contributed by atoms with van der Waals surface area (Å²) in [6, 6.07) is 0. The first-order chi connectivity index (χ1) is 10.9. The Hall–Kier alpha value is -1.05. The van der Waals surface area contributed by atoms with E-state index in [1.807, 2.05) is 0 Å². The first kappa shape index (κ1) is 15.5. The summed E-state index contributed by atoms with van der Waals surface area (Å²) in [4.78, 5) is 11.7. The van der Waals surface area contributed by atoms with Gasteiger partial charge in [-0.05, 0) is 80.0 Å². The van der Waals surface area contributed by atoms with Crippen LogP contribution in [0.2, 0.25) is 0 Å². The van der Waals surface area contributed by atoms with Crippen molar-refractivity contribution >= 4 is 5.97 Å². The zero-order valence-electron chi connectivity index (χ0n) is 14.6. The first-order valence-corrected chi connectivity index (χ1v) is 9.48. The molecule has 0 bridgehead atoms. The molecule has 0 amide bonds. The van der Waals surface area contributed by atoms with Gasteiger partial charge in [-0.2, -0.15) is 0 Å². The van der Waals surface area contributed by atoms with Crippen molar-refractivity contribution in [3.63, 3.8) is 0 Å². The van der Waals surface area contributed by atoms with Gasteiger partial charge in [0.15, 0.2) is 0 Å². The largest absolute Gasteiger partial charge is 0.481 e. The fourth-order valence-corrected chi connectivity index (χ4v) is 7.05. The van der Waals surface area contributed by atoms with Crippen molar-refractivity contribution in [3.8, 4) is 0 Å². The molecule has 1 N–H and O–H groups in total. The summed E-state index contributed by atoms with van der Waals surface area (Å²) in [5, 5.41) is 9.66. The van der Waals surface area contributed by atoms with E-state index in [4.69, 9.17) is 0 Å². The van der Waals surface area contributed by atoms with E-state index in [1.54, 1.807) is 5.57 Å². The van der Waals surface area contributed by atoms with Crippen LogP contribution in [-0.4, -0.2) is 11.1 Å². The Labute approximate surface area is 140 Å². The molecular formula is C21H30O2. The smallest absolute Gasteiger partial charge is 0.307 e. The maximum absolute atomic E-state index is 11.7. The third-order valence-electron chi connectivity index (χ3n) is 8.38. The molecule has 0 radical (unpaired) electrons. The average Bonchev–Trinajstić information content (AvgIpc) is 2.85. The van der Waals surface area contributed by atoms with Crippen LogP contribution < -0.4 is 0 Å². The van der Waals surface area contributed by atoms with Gasteiger partial charge in [0, 0.05) is 0 Å². The van der Waals surface area contributed by atoms with Crippen molar-refractivity contribution in [2.24, 2.45) is 34.5 Å². The van der Waals surface area contributed by atoms with Crippen molar-refractivity contribution in [3.05, 3.63) is 23.8 Å². The number of aliphatic carboxylic acids is 1. The van der Waals surface area contributed by atoms with Gasteiger partial charge < -0.3 is 5.11 Å². The van der Waals surface area contributed by atoms with Gasteiger partial charge in [0.2, 0.25) is 0 Å². The third kappa shape index (κ3) is 2.03. The highest BCUT2D eigenvalue weighted by molar-refractivity contribution is 5.71. The number of allylic oxidation sites excluding steroid dienone is 3. The summed E-state index contributed by atoms with van der Waals surface area (Å²) in [5.74, 6) is 1.48. The molecule has 23 heavy (non-hydrogen) atoms. The Bertz CT molecular complexity index is 589. The lowest BCUT2D eigenvalue weighted by molar-refractivity contribution is -0.149. The van der Waals surface area contributed by atoms with Crippen LogP contribution in [0.4, 0.5) is 0 Å². The van der Waals surface area contributed by atoms with Crippen molar-refractivity contribution in [1.82, 2.24) is 0 Å². The average molecular weight is 314 g/mol. The Morgan fingerprint density at radius 2 is 1.91 bits per heavy atom. The quantitative estimate of drug-likeness (QED) is 0.721. The molecule has 4 aliphatic carbocycles. The van der Waals surface area contributed by atoms with E-state index < -0.39 is 5.97 Å². The zero-order chi connectivity index (χ0) is 16.4. The molecule has 0 aliphatic heterocycles. The molecule has 0 saturated heterocycles. The van der Waals surface area contributed by atoms with Crippen molar-refractivity contribution in [1.29, 1.82) is 0 Å². The number of carbonyl (C=O) groups is 1. The zero-order valence-corrected chi connectivity index (χ0v) is 14.6. The standard InChI is InChI=1S/C21H30O2/c1-13-8-10-20(2)14(12-13)4-5-15-16-6-7-18(19(22)23)21(16,3)11-9-17(15)20/h12,15-18H,1,4-11H2,2-3H3,(H,22,23)/t15?,16?,17?,18?,20-,21-/m0/s1. The molecule has 4 unspecified atom stereocenters. The molecule has 0 aromatic rings. The highest BCUT2D eigenvalue weighted by Crippen LogP contribution is 2.66. The predicted octanol–water partition coefficient (Wildman–Crippen LogP) is 5.21. The van der Waals surface area contributed by atoms with Crippen LogP contribution in [0.5, 0.6) is 0 Å². The highest BCUT2D eigenvalue weighted by Gasteiger charge is 2.60. The van der Waals surface area contributed by atoms with Crippen molar-refractivity contribution < 1.29 is 9.90 Å². The Morgan fingerprint density at radius 3 is 2.65 bits per heavy atom. The molecule has 126 valence electrons. The van der Waals surface area contributed by atoms with Crippen LogP contribution in [0.3, 0.4) is 0 Å². The van der Waals surface area contributed by atoms with Crippen molar-refractivity contribution in [2.75, 3.05) is 0 Å². The van der Waals surface area contributed by atoms with Crippen LogP contribution in [0.15, 0.2) is 23.8 Å². The number of fused-ring (bicyclic) bond motifs is 5. The Balaban J connectivity index is 1.67. The lowest BCUT2D eigenvalue weighted by atomic mass is 9.47. The highest BCUT2D eigenvalue weighted by atomic mass is 16.4. The molecule has 2 heteroatoms. The summed E-state index contributed by atoms with van der Waals surface area (Å²) in [5.41, 5.74) is 3.35. The van der Waals surface area contributed by atoms with Gasteiger partial charge >= 0.3 is 5.97 Å². The molecule has 3 saturated carbocycles.